The van der Waals surface area contributed by atoms with Crippen molar-refractivity contribution in [3.05, 3.63) is 29.8 Å². The first kappa shape index (κ1) is 13.2. The van der Waals surface area contributed by atoms with E-state index in [0.717, 1.165) is 25.0 Å². The highest BCUT2D eigenvalue weighted by Crippen LogP contribution is 2.19. The lowest BCUT2D eigenvalue weighted by atomic mass is 10.3. The topological polar surface area (TPSA) is 58.2 Å². The molecule has 0 amide bonds. The predicted molar refractivity (Wildman–Crippen MR) is 64.8 cm³/mol. The van der Waals surface area contributed by atoms with Crippen molar-refractivity contribution in [1.82, 2.24) is 5.32 Å². The van der Waals surface area contributed by atoms with Crippen molar-refractivity contribution in [2.45, 2.75) is 18.9 Å². The average molecular weight is 276 g/mol. The van der Waals surface area contributed by atoms with Crippen LogP contribution in [-0.2, 0) is 10.0 Å². The highest BCUT2D eigenvalue weighted by Gasteiger charge is 2.21. The first-order valence-corrected chi connectivity index (χ1v) is 7.30. The van der Waals surface area contributed by atoms with Gasteiger partial charge < -0.3 is 5.32 Å². The Balaban J connectivity index is 1.93. The number of nitrogens with one attached hydrogen (secondary N) is 2. The van der Waals surface area contributed by atoms with Gasteiger partial charge in [0.05, 0.1) is 11.4 Å². The third-order valence-electron chi connectivity index (χ3n) is 2.58. The van der Waals surface area contributed by atoms with Crippen LogP contribution in [-0.4, -0.2) is 26.8 Å². The number of rotatable bonds is 6. The maximum absolute atomic E-state index is 13.3. The Morgan fingerprint density at radius 3 is 2.61 bits per heavy atom. The van der Waals surface area contributed by atoms with E-state index in [4.69, 9.17) is 0 Å². The first-order chi connectivity index (χ1) is 8.46. The molecule has 0 spiro atoms. The summed E-state index contributed by atoms with van der Waals surface area (Å²) in [4.78, 5) is 0. The van der Waals surface area contributed by atoms with Crippen molar-refractivity contribution in [1.29, 1.82) is 0 Å². The first-order valence-electron chi connectivity index (χ1n) is 5.65. The van der Waals surface area contributed by atoms with E-state index >= 15 is 0 Å². The van der Waals surface area contributed by atoms with Crippen LogP contribution in [0.5, 0.6) is 0 Å². The van der Waals surface area contributed by atoms with Crippen LogP contribution in [0.2, 0.25) is 0 Å². The third-order valence-corrected chi connectivity index (χ3v) is 3.85. The number of anilines is 1. The van der Waals surface area contributed by atoms with Crippen molar-refractivity contribution >= 4 is 15.7 Å². The van der Waals surface area contributed by atoms with Gasteiger partial charge >= 0.3 is 0 Å². The van der Waals surface area contributed by atoms with Crippen LogP contribution < -0.4 is 10.0 Å². The van der Waals surface area contributed by atoms with Crippen molar-refractivity contribution in [2.24, 2.45) is 0 Å². The average Bonchev–Trinajstić information content (AvgIpc) is 3.06. The minimum atomic E-state index is -3.61. The standard InChI is InChI=1S/C11H14F2N2O2S/c12-8-1-4-11(10(13)7-8)15-18(16,17)6-5-14-9-2-3-9/h1,4,7,9,14-15H,2-3,5-6H2. The Morgan fingerprint density at radius 1 is 1.28 bits per heavy atom. The number of hydrogen-bond donors (Lipinski definition) is 2. The fraction of sp³-hybridized carbons (Fsp3) is 0.455. The number of halogens is 2. The van der Waals surface area contributed by atoms with Crippen molar-refractivity contribution in [3.8, 4) is 0 Å². The van der Waals surface area contributed by atoms with Crippen molar-refractivity contribution in [2.75, 3.05) is 17.0 Å². The van der Waals surface area contributed by atoms with E-state index < -0.39 is 21.7 Å². The largest absolute Gasteiger partial charge is 0.313 e. The molecule has 0 heterocycles. The van der Waals surface area contributed by atoms with Crippen LogP contribution >= 0.6 is 0 Å². The molecule has 7 heteroatoms. The SMILES string of the molecule is O=S(=O)(CCNC1CC1)Nc1ccc(F)cc1F. The molecule has 18 heavy (non-hydrogen) atoms. The van der Waals surface area contributed by atoms with Crippen molar-refractivity contribution < 1.29 is 17.2 Å². The molecule has 2 rings (SSSR count). The highest BCUT2D eigenvalue weighted by atomic mass is 32.2. The summed E-state index contributed by atoms with van der Waals surface area (Å²) in [5.74, 6) is -1.81. The molecule has 0 saturated heterocycles. The highest BCUT2D eigenvalue weighted by molar-refractivity contribution is 7.92. The Labute approximate surface area is 104 Å². The van der Waals surface area contributed by atoms with E-state index in [2.05, 4.69) is 10.0 Å². The molecule has 0 aliphatic heterocycles. The minimum absolute atomic E-state index is 0.139. The molecule has 0 aromatic heterocycles. The van der Waals surface area contributed by atoms with Crippen LogP contribution in [0.25, 0.3) is 0 Å². The van der Waals surface area contributed by atoms with Crippen LogP contribution in [0, 0.1) is 11.6 Å². The quantitative estimate of drug-likeness (QED) is 0.827. The van der Waals surface area contributed by atoms with E-state index in [1.807, 2.05) is 0 Å². The van der Waals surface area contributed by atoms with Gasteiger partial charge in [0.1, 0.15) is 11.6 Å². The molecule has 2 N–H and O–H groups in total. The number of hydrogen-bond acceptors (Lipinski definition) is 3. The van der Waals surface area contributed by atoms with Gasteiger partial charge in [0, 0.05) is 18.7 Å². The second-order valence-electron chi connectivity index (χ2n) is 4.27. The predicted octanol–water partition coefficient (Wildman–Crippen LogP) is 1.46. The molecule has 1 aromatic rings. The van der Waals surface area contributed by atoms with E-state index in [0.29, 0.717) is 18.7 Å². The Morgan fingerprint density at radius 2 is 2.00 bits per heavy atom. The van der Waals surface area contributed by atoms with Gasteiger partial charge in [-0.25, -0.2) is 17.2 Å². The lowest BCUT2D eigenvalue weighted by molar-refractivity contribution is 0.581. The molecule has 0 bridgehead atoms. The molecule has 0 radical (unpaired) electrons. The van der Waals surface area contributed by atoms with Gasteiger partial charge in [-0.2, -0.15) is 0 Å². The second-order valence-corrected chi connectivity index (χ2v) is 6.12. The summed E-state index contributed by atoms with van der Waals surface area (Å²) < 4.78 is 51.3. The van der Waals surface area contributed by atoms with Gasteiger partial charge in [0.2, 0.25) is 10.0 Å². The molecule has 0 unspecified atom stereocenters. The summed E-state index contributed by atoms with van der Waals surface area (Å²) in [5.41, 5.74) is -0.233. The molecule has 1 aliphatic rings. The summed E-state index contributed by atoms with van der Waals surface area (Å²) >= 11 is 0. The monoisotopic (exact) mass is 276 g/mol. The lowest BCUT2D eigenvalue weighted by Gasteiger charge is -2.09. The second kappa shape index (κ2) is 5.19. The van der Waals surface area contributed by atoms with Crippen molar-refractivity contribution in [3.63, 3.8) is 0 Å². The Kier molecular flexibility index (Phi) is 3.82. The fourth-order valence-corrected chi connectivity index (χ4v) is 2.46. The Hall–Kier alpha value is -1.21. The smallest absolute Gasteiger partial charge is 0.234 e. The van der Waals surface area contributed by atoms with Gasteiger partial charge in [0.15, 0.2) is 0 Å². The van der Waals surface area contributed by atoms with Gasteiger partial charge in [-0.15, -0.1) is 0 Å². The fourth-order valence-electron chi connectivity index (χ4n) is 1.48. The molecule has 0 atom stereocenters. The lowest BCUT2D eigenvalue weighted by Crippen LogP contribution is -2.28. The molecule has 1 aliphatic carbocycles. The van der Waals surface area contributed by atoms with Gasteiger partial charge in [-0.1, -0.05) is 0 Å². The van der Waals surface area contributed by atoms with E-state index in [1.165, 1.54) is 0 Å². The van der Waals surface area contributed by atoms with E-state index in [1.54, 1.807) is 0 Å². The molecule has 4 nitrogen and oxygen atoms in total. The zero-order chi connectivity index (χ0) is 13.2. The summed E-state index contributed by atoms with van der Waals surface area (Å²) in [7, 11) is -3.61. The summed E-state index contributed by atoms with van der Waals surface area (Å²) in [6.45, 7) is 0.322. The van der Waals surface area contributed by atoms with Crippen LogP contribution in [0.15, 0.2) is 18.2 Å². The van der Waals surface area contributed by atoms with E-state index in [-0.39, 0.29) is 11.4 Å². The zero-order valence-corrected chi connectivity index (χ0v) is 10.4. The number of sulfonamides is 1. The molecule has 1 saturated carbocycles. The minimum Gasteiger partial charge on any atom is -0.313 e. The normalized spacial score (nSPS) is 15.7. The molecular formula is C11H14F2N2O2S. The maximum atomic E-state index is 13.3. The summed E-state index contributed by atoms with van der Waals surface area (Å²) in [5, 5.41) is 3.05. The third kappa shape index (κ3) is 3.92. The molecule has 100 valence electrons. The van der Waals surface area contributed by atoms with E-state index in [9.17, 15) is 17.2 Å². The molecule has 1 aromatic carbocycles. The van der Waals surface area contributed by atoms with Gasteiger partial charge in [0.25, 0.3) is 0 Å². The summed E-state index contributed by atoms with van der Waals surface area (Å²) in [6, 6.07) is 3.13. The molecular weight excluding hydrogens is 262 g/mol. The van der Waals surface area contributed by atoms with Gasteiger partial charge in [-0.3, -0.25) is 4.72 Å². The maximum Gasteiger partial charge on any atom is 0.234 e. The zero-order valence-electron chi connectivity index (χ0n) is 9.62. The Bertz CT molecular complexity index is 530. The van der Waals surface area contributed by atoms with Crippen LogP contribution in [0.1, 0.15) is 12.8 Å². The summed E-state index contributed by atoms with van der Waals surface area (Å²) in [6.07, 6.45) is 2.14. The molecule has 1 fully saturated rings. The van der Waals surface area contributed by atoms with Gasteiger partial charge in [-0.05, 0) is 25.0 Å². The van der Waals surface area contributed by atoms with Crippen LogP contribution in [0.3, 0.4) is 0 Å². The van der Waals surface area contributed by atoms with Crippen LogP contribution in [0.4, 0.5) is 14.5 Å². The number of benzene rings is 1.